The van der Waals surface area contributed by atoms with Gasteiger partial charge in [-0.2, -0.15) is 0 Å². The molecule has 1 aromatic heterocycles. The fourth-order valence-corrected chi connectivity index (χ4v) is 1.43. The summed E-state index contributed by atoms with van der Waals surface area (Å²) in [6.07, 6.45) is 0. The van der Waals surface area contributed by atoms with Crippen LogP contribution in [0.3, 0.4) is 0 Å². The maximum Gasteiger partial charge on any atom is 0.194 e. The summed E-state index contributed by atoms with van der Waals surface area (Å²) in [5.74, 6) is -0.579. The largest absolute Gasteiger partial charge is 0.451 e. The first-order valence-corrected chi connectivity index (χ1v) is 4.36. The number of hydrogen-bond acceptors (Lipinski definition) is 2. The second-order valence-electron chi connectivity index (χ2n) is 2.94. The average Bonchev–Trinajstić information content (AvgIpc) is 2.57. The van der Waals surface area contributed by atoms with E-state index >= 15 is 0 Å². The van der Waals surface area contributed by atoms with Crippen LogP contribution in [0.15, 0.2) is 22.6 Å². The van der Waals surface area contributed by atoms with E-state index in [1.54, 1.807) is 0 Å². The number of carbonyl (C=O) groups is 1. The van der Waals surface area contributed by atoms with Crippen molar-refractivity contribution in [2.45, 2.75) is 6.92 Å². The molecule has 0 bridgehead atoms. The van der Waals surface area contributed by atoms with Crippen LogP contribution in [0.4, 0.5) is 4.39 Å². The third kappa shape index (κ3) is 1.30. The Balaban J connectivity index is 2.82. The van der Waals surface area contributed by atoms with Crippen molar-refractivity contribution in [2.75, 3.05) is 0 Å². The number of furan rings is 1. The molecule has 0 radical (unpaired) electrons. The van der Waals surface area contributed by atoms with Gasteiger partial charge in [0.2, 0.25) is 0 Å². The van der Waals surface area contributed by atoms with Crippen molar-refractivity contribution in [3.05, 3.63) is 34.8 Å². The third-order valence-corrected chi connectivity index (χ3v) is 2.23. The van der Waals surface area contributed by atoms with Crippen molar-refractivity contribution in [1.29, 1.82) is 0 Å². The van der Waals surface area contributed by atoms with Crippen LogP contribution in [0, 0.1) is 5.82 Å². The van der Waals surface area contributed by atoms with Gasteiger partial charge in [0.25, 0.3) is 0 Å². The Kier molecular flexibility index (Phi) is 2.04. The predicted octanol–water partition coefficient (Wildman–Crippen LogP) is 3.43. The lowest BCUT2D eigenvalue weighted by Gasteiger charge is -1.92. The second kappa shape index (κ2) is 3.10. The first-order valence-electron chi connectivity index (χ1n) is 3.98. The molecule has 2 nitrogen and oxygen atoms in total. The molecule has 4 heteroatoms. The van der Waals surface area contributed by atoms with Crippen LogP contribution in [0.2, 0.25) is 5.02 Å². The summed E-state index contributed by atoms with van der Waals surface area (Å²) in [6.45, 7) is 1.35. The van der Waals surface area contributed by atoms with Crippen LogP contribution in [0.25, 0.3) is 11.0 Å². The van der Waals surface area contributed by atoms with E-state index in [1.807, 2.05) is 0 Å². The van der Waals surface area contributed by atoms with Crippen LogP contribution < -0.4 is 0 Å². The zero-order valence-corrected chi connectivity index (χ0v) is 8.06. The maximum atomic E-state index is 13.2. The lowest BCUT2D eigenvalue weighted by Crippen LogP contribution is -1.85. The summed E-state index contributed by atoms with van der Waals surface area (Å²) >= 11 is 5.78. The number of ketones is 1. The van der Waals surface area contributed by atoms with E-state index in [0.29, 0.717) is 5.02 Å². The molecule has 2 rings (SSSR count). The molecule has 0 saturated carbocycles. The van der Waals surface area contributed by atoms with Gasteiger partial charge in [-0.05, 0) is 18.2 Å². The van der Waals surface area contributed by atoms with Crippen molar-refractivity contribution < 1.29 is 13.6 Å². The maximum absolute atomic E-state index is 13.2. The number of halogens is 2. The molecule has 0 N–H and O–H groups in total. The molecular weight excluding hydrogens is 207 g/mol. The van der Waals surface area contributed by atoms with Gasteiger partial charge in [-0.25, -0.2) is 4.39 Å². The molecule has 1 heterocycles. The van der Waals surface area contributed by atoms with Gasteiger partial charge in [-0.1, -0.05) is 11.6 Å². The Morgan fingerprint density at radius 2 is 2.21 bits per heavy atom. The van der Waals surface area contributed by atoms with Crippen molar-refractivity contribution in [2.24, 2.45) is 0 Å². The monoisotopic (exact) mass is 212 g/mol. The molecule has 0 aliphatic rings. The highest BCUT2D eigenvalue weighted by atomic mass is 35.5. The molecule has 0 saturated heterocycles. The lowest BCUT2D eigenvalue weighted by atomic mass is 10.2. The third-order valence-electron chi connectivity index (χ3n) is 1.93. The molecule has 72 valence electrons. The van der Waals surface area contributed by atoms with Crippen molar-refractivity contribution >= 4 is 28.4 Å². The molecule has 0 aliphatic heterocycles. The SMILES string of the molecule is CC(=O)c1cc2c(F)ccc(Cl)c2o1. The highest BCUT2D eigenvalue weighted by Crippen LogP contribution is 2.28. The van der Waals surface area contributed by atoms with Gasteiger partial charge in [0, 0.05) is 6.92 Å². The molecule has 14 heavy (non-hydrogen) atoms. The fraction of sp³-hybridized carbons (Fsp3) is 0.100. The Labute approximate surface area is 84.3 Å². The molecule has 0 atom stereocenters. The van der Waals surface area contributed by atoms with Crippen molar-refractivity contribution in [3.63, 3.8) is 0 Å². The zero-order chi connectivity index (χ0) is 10.3. The molecule has 0 amide bonds. The molecule has 0 unspecified atom stereocenters. The van der Waals surface area contributed by atoms with Gasteiger partial charge in [0.1, 0.15) is 5.82 Å². The lowest BCUT2D eigenvalue weighted by molar-refractivity contribution is 0.0989. The number of benzene rings is 1. The molecule has 0 spiro atoms. The minimum Gasteiger partial charge on any atom is -0.451 e. The zero-order valence-electron chi connectivity index (χ0n) is 7.30. The van der Waals surface area contributed by atoms with Gasteiger partial charge >= 0.3 is 0 Å². The van der Waals surface area contributed by atoms with E-state index in [4.69, 9.17) is 16.0 Å². The predicted molar refractivity (Wildman–Crippen MR) is 51.2 cm³/mol. The van der Waals surface area contributed by atoms with E-state index in [-0.39, 0.29) is 22.5 Å². The minimum atomic E-state index is -0.444. The minimum absolute atomic E-state index is 0.118. The average molecular weight is 213 g/mol. The van der Waals surface area contributed by atoms with Crippen LogP contribution in [0.5, 0.6) is 0 Å². The van der Waals surface area contributed by atoms with Crippen molar-refractivity contribution in [1.82, 2.24) is 0 Å². The van der Waals surface area contributed by atoms with Crippen LogP contribution in [-0.4, -0.2) is 5.78 Å². The number of rotatable bonds is 1. The van der Waals surface area contributed by atoms with E-state index in [1.165, 1.54) is 25.1 Å². The van der Waals surface area contributed by atoms with E-state index in [9.17, 15) is 9.18 Å². The first kappa shape index (κ1) is 9.21. The summed E-state index contributed by atoms with van der Waals surface area (Å²) in [6, 6.07) is 4.00. The van der Waals surface area contributed by atoms with Gasteiger partial charge in [-0.3, -0.25) is 4.79 Å². The Morgan fingerprint density at radius 1 is 1.50 bits per heavy atom. The van der Waals surface area contributed by atoms with E-state index < -0.39 is 5.82 Å². The van der Waals surface area contributed by atoms with Crippen LogP contribution in [-0.2, 0) is 0 Å². The summed E-state index contributed by atoms with van der Waals surface area (Å²) in [7, 11) is 0. The Morgan fingerprint density at radius 3 is 2.79 bits per heavy atom. The molecule has 1 aromatic carbocycles. The smallest absolute Gasteiger partial charge is 0.194 e. The van der Waals surface area contributed by atoms with Gasteiger partial charge in [0.05, 0.1) is 10.4 Å². The first-order chi connectivity index (χ1) is 6.59. The van der Waals surface area contributed by atoms with E-state index in [2.05, 4.69) is 0 Å². The highest BCUT2D eigenvalue weighted by Gasteiger charge is 2.13. The van der Waals surface area contributed by atoms with E-state index in [0.717, 1.165) is 0 Å². The summed E-state index contributed by atoms with van der Waals surface area (Å²) in [4.78, 5) is 11.0. The quantitative estimate of drug-likeness (QED) is 0.678. The van der Waals surface area contributed by atoms with Crippen LogP contribution >= 0.6 is 11.6 Å². The Bertz CT molecular complexity index is 477. The molecule has 0 aliphatic carbocycles. The number of fused-ring (bicyclic) bond motifs is 1. The summed E-state index contributed by atoms with van der Waals surface area (Å²) in [5.41, 5.74) is 0.219. The number of carbonyl (C=O) groups excluding carboxylic acids is 1. The van der Waals surface area contributed by atoms with Crippen LogP contribution in [0.1, 0.15) is 17.5 Å². The van der Waals surface area contributed by atoms with Gasteiger partial charge in [0.15, 0.2) is 17.1 Å². The van der Waals surface area contributed by atoms with Gasteiger partial charge in [-0.15, -0.1) is 0 Å². The van der Waals surface area contributed by atoms with Gasteiger partial charge < -0.3 is 4.42 Å². The standard InChI is InChI=1S/C10H6ClFO2/c1-5(13)9-4-6-8(12)3-2-7(11)10(6)14-9/h2-4H,1H3. The number of hydrogen-bond donors (Lipinski definition) is 0. The summed E-state index contributed by atoms with van der Waals surface area (Å²) < 4.78 is 18.3. The molecular formula is C10H6ClFO2. The normalized spacial score (nSPS) is 10.8. The topological polar surface area (TPSA) is 30.2 Å². The Hall–Kier alpha value is -1.35. The second-order valence-corrected chi connectivity index (χ2v) is 3.35. The molecule has 2 aromatic rings. The highest BCUT2D eigenvalue weighted by molar-refractivity contribution is 6.34. The van der Waals surface area contributed by atoms with Crippen molar-refractivity contribution in [3.8, 4) is 0 Å². The fourth-order valence-electron chi connectivity index (χ4n) is 1.23. The molecule has 0 fully saturated rings. The number of Topliss-reactive ketones (excluding diaryl/α,β-unsaturated/α-hetero) is 1. The summed E-state index contributed by atoms with van der Waals surface area (Å²) in [5, 5.41) is 0.539.